The molecule has 0 saturated carbocycles. The first-order valence-corrected chi connectivity index (χ1v) is 6.81. The van der Waals surface area contributed by atoms with Crippen LogP contribution >= 0.6 is 0 Å². The van der Waals surface area contributed by atoms with Crippen LogP contribution in [0.1, 0.15) is 16.7 Å². The lowest BCUT2D eigenvalue weighted by molar-refractivity contribution is 0.121. The molecule has 104 valence electrons. The maximum Gasteiger partial charge on any atom is 0.143 e. The monoisotopic (exact) mass is 278 g/mol. The summed E-state index contributed by atoms with van der Waals surface area (Å²) in [6.07, 6.45) is 0. The van der Waals surface area contributed by atoms with Crippen molar-refractivity contribution in [2.45, 2.75) is 5.60 Å². The highest BCUT2D eigenvalue weighted by Gasteiger charge is 2.35. The highest BCUT2D eigenvalue weighted by molar-refractivity contribution is 5.47. The van der Waals surface area contributed by atoms with Crippen LogP contribution in [-0.4, -0.2) is 5.11 Å². The summed E-state index contributed by atoms with van der Waals surface area (Å²) in [7, 11) is 0. The van der Waals surface area contributed by atoms with Gasteiger partial charge >= 0.3 is 0 Å². The first-order valence-electron chi connectivity index (χ1n) is 6.81. The molecule has 1 nitrogen and oxygen atoms in total. The van der Waals surface area contributed by atoms with E-state index in [1.807, 2.05) is 36.4 Å². The second-order valence-electron chi connectivity index (χ2n) is 4.92. The number of rotatable bonds is 3. The number of aliphatic hydroxyl groups is 1. The molecule has 0 aliphatic rings. The lowest BCUT2D eigenvalue weighted by Crippen LogP contribution is -2.30. The maximum absolute atomic E-state index is 14.3. The standard InChI is InChI=1S/C19H15FO/c20-18-14-8-7-13-17(18)19(21,15-9-3-1-4-10-15)16-11-5-2-6-12-16/h1-14,21H. The van der Waals surface area contributed by atoms with E-state index in [9.17, 15) is 9.50 Å². The molecule has 0 spiro atoms. The van der Waals surface area contributed by atoms with Crippen molar-refractivity contribution in [1.29, 1.82) is 0 Å². The second-order valence-corrected chi connectivity index (χ2v) is 4.92. The quantitative estimate of drug-likeness (QED) is 0.715. The lowest BCUT2D eigenvalue weighted by Gasteiger charge is -2.30. The molecule has 2 heteroatoms. The zero-order valence-corrected chi connectivity index (χ0v) is 11.4. The molecule has 3 aromatic carbocycles. The average molecular weight is 278 g/mol. The molecule has 0 atom stereocenters. The van der Waals surface area contributed by atoms with Gasteiger partial charge < -0.3 is 5.11 Å². The Bertz CT molecular complexity index is 683. The summed E-state index contributed by atoms with van der Waals surface area (Å²) in [5.74, 6) is -0.423. The van der Waals surface area contributed by atoms with Crippen molar-refractivity contribution in [3.05, 3.63) is 107 Å². The van der Waals surface area contributed by atoms with Crippen molar-refractivity contribution in [1.82, 2.24) is 0 Å². The zero-order valence-electron chi connectivity index (χ0n) is 11.4. The largest absolute Gasteiger partial charge is 0.376 e. The molecule has 0 unspecified atom stereocenters. The second kappa shape index (κ2) is 5.51. The van der Waals surface area contributed by atoms with Crippen molar-refractivity contribution in [2.24, 2.45) is 0 Å². The van der Waals surface area contributed by atoms with Crippen molar-refractivity contribution in [3.63, 3.8) is 0 Å². The third-order valence-corrected chi connectivity index (χ3v) is 3.65. The molecule has 0 aliphatic heterocycles. The molecule has 0 aromatic heterocycles. The van der Waals surface area contributed by atoms with Gasteiger partial charge in [-0.3, -0.25) is 0 Å². The van der Waals surface area contributed by atoms with Crippen molar-refractivity contribution >= 4 is 0 Å². The summed E-state index contributed by atoms with van der Waals surface area (Å²) < 4.78 is 14.3. The van der Waals surface area contributed by atoms with E-state index >= 15 is 0 Å². The molecule has 3 aromatic rings. The number of hydrogen-bond donors (Lipinski definition) is 1. The highest BCUT2D eigenvalue weighted by Crippen LogP contribution is 2.37. The van der Waals surface area contributed by atoms with Crippen LogP contribution in [0.5, 0.6) is 0 Å². The molecule has 0 bridgehead atoms. The van der Waals surface area contributed by atoms with Crippen LogP contribution in [0.3, 0.4) is 0 Å². The molecular formula is C19H15FO. The van der Waals surface area contributed by atoms with Crippen LogP contribution < -0.4 is 0 Å². The van der Waals surface area contributed by atoms with Gasteiger partial charge in [-0.05, 0) is 17.2 Å². The van der Waals surface area contributed by atoms with Crippen LogP contribution in [0, 0.1) is 5.82 Å². The van der Waals surface area contributed by atoms with Crippen LogP contribution in [0.15, 0.2) is 84.9 Å². The molecule has 0 fully saturated rings. The van der Waals surface area contributed by atoms with E-state index in [-0.39, 0.29) is 5.56 Å². The summed E-state index contributed by atoms with van der Waals surface area (Å²) in [6, 6.07) is 24.7. The Kier molecular flexibility index (Phi) is 3.55. The molecule has 1 N–H and O–H groups in total. The van der Waals surface area contributed by atoms with Crippen LogP contribution in [0.4, 0.5) is 4.39 Å². The number of hydrogen-bond acceptors (Lipinski definition) is 1. The van der Waals surface area contributed by atoms with Gasteiger partial charge in [-0.1, -0.05) is 78.9 Å². The number of benzene rings is 3. The Hall–Kier alpha value is -2.45. The average Bonchev–Trinajstić information content (AvgIpc) is 2.56. The van der Waals surface area contributed by atoms with Gasteiger partial charge in [0.15, 0.2) is 0 Å². The third kappa shape index (κ3) is 2.34. The molecule has 0 amide bonds. The zero-order chi connectivity index (χ0) is 14.7. The van der Waals surface area contributed by atoms with E-state index in [4.69, 9.17) is 0 Å². The minimum atomic E-state index is -1.51. The summed E-state index contributed by atoms with van der Waals surface area (Å²) in [5, 5.41) is 11.4. The van der Waals surface area contributed by atoms with E-state index in [1.54, 1.807) is 42.5 Å². The van der Waals surface area contributed by atoms with E-state index < -0.39 is 11.4 Å². The van der Waals surface area contributed by atoms with Crippen molar-refractivity contribution < 1.29 is 9.50 Å². The van der Waals surface area contributed by atoms with Crippen LogP contribution in [0.2, 0.25) is 0 Å². The van der Waals surface area contributed by atoms with Gasteiger partial charge in [0, 0.05) is 5.56 Å². The molecule has 3 rings (SSSR count). The predicted molar refractivity (Wildman–Crippen MR) is 81.4 cm³/mol. The first-order chi connectivity index (χ1) is 10.2. The molecule has 0 aliphatic carbocycles. The summed E-state index contributed by atoms with van der Waals surface area (Å²) >= 11 is 0. The van der Waals surface area contributed by atoms with Gasteiger partial charge in [0.1, 0.15) is 11.4 Å². The van der Waals surface area contributed by atoms with Gasteiger partial charge in [0.2, 0.25) is 0 Å². The van der Waals surface area contributed by atoms with E-state index in [1.165, 1.54) is 6.07 Å². The molecule has 21 heavy (non-hydrogen) atoms. The maximum atomic E-state index is 14.3. The van der Waals surface area contributed by atoms with E-state index in [2.05, 4.69) is 0 Å². The predicted octanol–water partition coefficient (Wildman–Crippen LogP) is 4.11. The Balaban J connectivity index is 2.29. The summed E-state index contributed by atoms with van der Waals surface area (Å²) in [6.45, 7) is 0. The third-order valence-electron chi connectivity index (χ3n) is 3.65. The van der Waals surface area contributed by atoms with Crippen molar-refractivity contribution in [3.8, 4) is 0 Å². The van der Waals surface area contributed by atoms with Gasteiger partial charge in [0.05, 0.1) is 0 Å². The fourth-order valence-electron chi connectivity index (χ4n) is 2.59. The number of halogens is 1. The van der Waals surface area contributed by atoms with Gasteiger partial charge in [-0.15, -0.1) is 0 Å². The van der Waals surface area contributed by atoms with Crippen LogP contribution in [0.25, 0.3) is 0 Å². The van der Waals surface area contributed by atoms with Gasteiger partial charge in [-0.25, -0.2) is 4.39 Å². The molecule has 0 radical (unpaired) electrons. The Morgan fingerprint density at radius 2 is 1.05 bits per heavy atom. The normalized spacial score (nSPS) is 11.3. The Morgan fingerprint density at radius 1 is 0.619 bits per heavy atom. The lowest BCUT2D eigenvalue weighted by atomic mass is 9.80. The summed E-state index contributed by atoms with van der Waals surface area (Å²) in [4.78, 5) is 0. The molecule has 0 heterocycles. The first kappa shape index (κ1) is 13.5. The van der Waals surface area contributed by atoms with Crippen molar-refractivity contribution in [2.75, 3.05) is 0 Å². The highest BCUT2D eigenvalue weighted by atomic mass is 19.1. The Labute approximate surface area is 123 Å². The van der Waals surface area contributed by atoms with E-state index in [0.717, 1.165) is 0 Å². The SMILES string of the molecule is OC(c1ccccc1)(c1ccccc1)c1ccccc1F. The molecular weight excluding hydrogens is 263 g/mol. The Morgan fingerprint density at radius 3 is 1.52 bits per heavy atom. The smallest absolute Gasteiger partial charge is 0.143 e. The minimum absolute atomic E-state index is 0.252. The van der Waals surface area contributed by atoms with Gasteiger partial charge in [-0.2, -0.15) is 0 Å². The molecule has 0 saturated heterocycles. The fourth-order valence-corrected chi connectivity index (χ4v) is 2.59. The van der Waals surface area contributed by atoms with Gasteiger partial charge in [0.25, 0.3) is 0 Å². The topological polar surface area (TPSA) is 20.2 Å². The minimum Gasteiger partial charge on any atom is -0.376 e. The van der Waals surface area contributed by atoms with Crippen LogP contribution in [-0.2, 0) is 5.60 Å². The van der Waals surface area contributed by atoms with E-state index in [0.29, 0.717) is 11.1 Å². The fraction of sp³-hybridized carbons (Fsp3) is 0.0526. The summed E-state index contributed by atoms with van der Waals surface area (Å²) in [5.41, 5.74) is 0.0263.